The van der Waals surface area contributed by atoms with Gasteiger partial charge in [-0.1, -0.05) is 45.7 Å². The monoisotopic (exact) mass is 399 g/mol. The van der Waals surface area contributed by atoms with Crippen LogP contribution in [-0.4, -0.2) is 23.1 Å². The highest BCUT2D eigenvalue weighted by atomic mass is 79.9. The average Bonchev–Trinajstić information content (AvgIpc) is 2.97. The van der Waals surface area contributed by atoms with Gasteiger partial charge in [0.2, 0.25) is 0 Å². The molecule has 0 saturated carbocycles. The zero-order valence-electron chi connectivity index (χ0n) is 11.4. The molecule has 3 rings (SSSR count). The van der Waals surface area contributed by atoms with E-state index in [0.29, 0.717) is 6.54 Å². The van der Waals surface area contributed by atoms with Gasteiger partial charge in [-0.2, -0.15) is 0 Å². The van der Waals surface area contributed by atoms with Crippen LogP contribution >= 0.6 is 39.3 Å². The Labute approximate surface area is 145 Å². The summed E-state index contributed by atoms with van der Waals surface area (Å²) in [6.07, 6.45) is 0. The van der Waals surface area contributed by atoms with Crippen molar-refractivity contribution in [2.24, 2.45) is 0 Å². The lowest BCUT2D eigenvalue weighted by Crippen LogP contribution is -2.31. The van der Waals surface area contributed by atoms with Crippen molar-refractivity contribution in [1.29, 1.82) is 0 Å². The van der Waals surface area contributed by atoms with Crippen molar-refractivity contribution in [1.82, 2.24) is 4.90 Å². The highest BCUT2D eigenvalue weighted by Crippen LogP contribution is 2.39. The number of halogens is 3. The lowest BCUT2D eigenvalue weighted by Gasteiger charge is -2.24. The molecule has 22 heavy (non-hydrogen) atoms. The fourth-order valence-electron chi connectivity index (χ4n) is 2.43. The van der Waals surface area contributed by atoms with E-state index in [1.54, 1.807) is 16.7 Å². The largest absolute Gasteiger partial charge is 0.322 e. The number of thioether (sulfide) groups is 1. The van der Waals surface area contributed by atoms with Crippen molar-refractivity contribution in [3.05, 3.63) is 68.9 Å². The molecule has 2 aromatic rings. The third-order valence-corrected chi connectivity index (χ3v) is 5.59. The topological polar surface area (TPSA) is 20.3 Å². The zero-order valence-corrected chi connectivity index (χ0v) is 14.6. The first kappa shape index (κ1) is 15.8. The van der Waals surface area contributed by atoms with Crippen molar-refractivity contribution in [3.63, 3.8) is 0 Å². The first-order valence-corrected chi connectivity index (χ1v) is 8.92. The summed E-state index contributed by atoms with van der Waals surface area (Å²) in [7, 11) is 0. The number of amides is 1. The summed E-state index contributed by atoms with van der Waals surface area (Å²) in [4.78, 5) is 14.4. The summed E-state index contributed by atoms with van der Waals surface area (Å²) in [6, 6.07) is 12.1. The number of carbonyl (C=O) groups is 1. The average molecular weight is 401 g/mol. The van der Waals surface area contributed by atoms with Gasteiger partial charge in [0.25, 0.3) is 5.91 Å². The van der Waals surface area contributed by atoms with Gasteiger partial charge in [-0.05, 0) is 29.8 Å². The smallest absolute Gasteiger partial charge is 0.259 e. The predicted molar refractivity (Wildman–Crippen MR) is 91.8 cm³/mol. The zero-order chi connectivity index (χ0) is 15.7. The molecule has 1 fully saturated rings. The molecular weight excluding hydrogens is 389 g/mol. The third kappa shape index (κ3) is 3.03. The molecule has 1 atom stereocenters. The van der Waals surface area contributed by atoms with E-state index in [1.165, 1.54) is 18.2 Å². The van der Waals surface area contributed by atoms with Crippen molar-refractivity contribution >= 4 is 45.2 Å². The van der Waals surface area contributed by atoms with Crippen LogP contribution in [-0.2, 0) is 0 Å². The fraction of sp³-hybridized carbons (Fsp3) is 0.188. The lowest BCUT2D eigenvalue weighted by atomic mass is 10.1. The SMILES string of the molecule is O=C(c1c(F)cccc1Cl)N1CCSC1c1ccc(Br)cc1. The van der Waals surface area contributed by atoms with E-state index >= 15 is 0 Å². The second kappa shape index (κ2) is 6.60. The molecule has 2 nitrogen and oxygen atoms in total. The maximum Gasteiger partial charge on any atom is 0.259 e. The van der Waals surface area contributed by atoms with Crippen LogP contribution in [0.1, 0.15) is 21.3 Å². The molecule has 0 spiro atoms. The molecule has 1 aliphatic rings. The molecule has 0 N–H and O–H groups in total. The molecule has 0 aromatic heterocycles. The van der Waals surface area contributed by atoms with E-state index in [1.807, 2.05) is 24.3 Å². The van der Waals surface area contributed by atoms with E-state index < -0.39 is 5.82 Å². The highest BCUT2D eigenvalue weighted by molar-refractivity contribution is 9.10. The Kier molecular flexibility index (Phi) is 4.76. The second-order valence-electron chi connectivity index (χ2n) is 4.87. The number of hydrogen-bond acceptors (Lipinski definition) is 2. The summed E-state index contributed by atoms with van der Waals surface area (Å²) in [6.45, 7) is 0.578. The Morgan fingerprint density at radius 1 is 1.27 bits per heavy atom. The maximum atomic E-state index is 14.0. The molecule has 114 valence electrons. The van der Waals surface area contributed by atoms with Gasteiger partial charge in [0.1, 0.15) is 11.2 Å². The van der Waals surface area contributed by atoms with Crippen LogP contribution in [0.3, 0.4) is 0 Å². The fourth-order valence-corrected chi connectivity index (χ4v) is 4.19. The molecule has 1 unspecified atom stereocenters. The normalized spacial score (nSPS) is 17.8. The Bertz CT molecular complexity index is 690. The first-order valence-electron chi connectivity index (χ1n) is 6.70. The minimum atomic E-state index is -0.580. The van der Waals surface area contributed by atoms with Gasteiger partial charge in [-0.15, -0.1) is 11.8 Å². The number of hydrogen-bond donors (Lipinski definition) is 0. The van der Waals surface area contributed by atoms with E-state index in [-0.39, 0.29) is 21.9 Å². The van der Waals surface area contributed by atoms with Crippen LogP contribution in [0.15, 0.2) is 46.9 Å². The summed E-state index contributed by atoms with van der Waals surface area (Å²) < 4.78 is 15.0. The highest BCUT2D eigenvalue weighted by Gasteiger charge is 2.33. The van der Waals surface area contributed by atoms with Gasteiger partial charge in [0, 0.05) is 16.8 Å². The van der Waals surface area contributed by atoms with Crippen molar-refractivity contribution in [2.75, 3.05) is 12.3 Å². The Hall–Kier alpha value is -1.04. The molecule has 6 heteroatoms. The summed E-state index contributed by atoms with van der Waals surface area (Å²) >= 11 is 11.1. The van der Waals surface area contributed by atoms with Gasteiger partial charge in [0.05, 0.1) is 10.6 Å². The van der Waals surface area contributed by atoms with Crippen LogP contribution < -0.4 is 0 Å². The third-order valence-electron chi connectivity index (χ3n) is 3.48. The lowest BCUT2D eigenvalue weighted by molar-refractivity contribution is 0.0756. The van der Waals surface area contributed by atoms with E-state index in [9.17, 15) is 9.18 Å². The quantitative estimate of drug-likeness (QED) is 0.696. The van der Waals surface area contributed by atoms with Gasteiger partial charge in [0.15, 0.2) is 0 Å². The number of benzene rings is 2. The number of nitrogens with zero attached hydrogens (tertiary/aromatic N) is 1. The minimum Gasteiger partial charge on any atom is -0.322 e. The van der Waals surface area contributed by atoms with E-state index in [2.05, 4.69) is 15.9 Å². The van der Waals surface area contributed by atoms with Gasteiger partial charge >= 0.3 is 0 Å². The molecule has 0 bridgehead atoms. The molecule has 1 heterocycles. The van der Waals surface area contributed by atoms with Crippen LogP contribution in [0.2, 0.25) is 5.02 Å². The van der Waals surface area contributed by atoms with Crippen molar-refractivity contribution < 1.29 is 9.18 Å². The molecule has 2 aromatic carbocycles. The van der Waals surface area contributed by atoms with Crippen molar-refractivity contribution in [2.45, 2.75) is 5.37 Å². The predicted octanol–water partition coefficient (Wildman–Crippen LogP) is 5.13. The van der Waals surface area contributed by atoms with Crippen LogP contribution in [0.5, 0.6) is 0 Å². The molecule has 0 aliphatic carbocycles. The number of rotatable bonds is 2. The van der Waals surface area contributed by atoms with Crippen molar-refractivity contribution in [3.8, 4) is 0 Å². The second-order valence-corrected chi connectivity index (χ2v) is 7.38. The maximum absolute atomic E-state index is 14.0. The summed E-state index contributed by atoms with van der Waals surface area (Å²) in [5.41, 5.74) is 0.972. The van der Waals surface area contributed by atoms with Crippen LogP contribution in [0.25, 0.3) is 0 Å². The van der Waals surface area contributed by atoms with E-state index in [4.69, 9.17) is 11.6 Å². The number of carbonyl (C=O) groups excluding carboxylic acids is 1. The van der Waals surface area contributed by atoms with Gasteiger partial charge in [-0.25, -0.2) is 4.39 Å². The Morgan fingerprint density at radius 2 is 2.00 bits per heavy atom. The summed E-state index contributed by atoms with van der Waals surface area (Å²) in [5.74, 6) is -0.122. The van der Waals surface area contributed by atoms with Gasteiger partial charge in [-0.3, -0.25) is 4.79 Å². The van der Waals surface area contributed by atoms with Crippen LogP contribution in [0, 0.1) is 5.82 Å². The van der Waals surface area contributed by atoms with Crippen LogP contribution in [0.4, 0.5) is 4.39 Å². The summed E-state index contributed by atoms with van der Waals surface area (Å²) in [5, 5.41) is 0.0349. The Balaban J connectivity index is 1.93. The molecule has 1 amide bonds. The molecular formula is C16H12BrClFNOS. The molecule has 1 aliphatic heterocycles. The minimum absolute atomic E-state index is 0.0474. The molecule has 0 radical (unpaired) electrons. The van der Waals surface area contributed by atoms with Gasteiger partial charge < -0.3 is 4.90 Å². The standard InChI is InChI=1S/C16H12BrClFNOS/c17-11-6-4-10(5-7-11)16-20(8-9-22-16)15(21)14-12(18)2-1-3-13(14)19/h1-7,16H,8-9H2. The first-order chi connectivity index (χ1) is 10.6. The van der Waals surface area contributed by atoms with E-state index in [0.717, 1.165) is 15.8 Å². The molecule has 1 saturated heterocycles. The Morgan fingerprint density at radius 3 is 2.68 bits per heavy atom.